The van der Waals surface area contributed by atoms with Crippen LogP contribution in [0.5, 0.6) is 0 Å². The van der Waals surface area contributed by atoms with Crippen molar-refractivity contribution in [3.63, 3.8) is 0 Å². The van der Waals surface area contributed by atoms with Gasteiger partial charge in [-0.05, 0) is 43.3 Å². The zero-order valence-corrected chi connectivity index (χ0v) is 22.2. The standard InChI is InChI=1S/C27H31N5O4S/c1-28-24(18-25(33)29(2)27(28)35)31-12-6-11-30(13-15-31)14-16-32-20-7-4-5-8-22(20)37-23-10-9-19(17-21(23)32)26(34)36-3/h4-5,7-10,17-18H,6,11-16H2,1-3H3. The van der Waals surface area contributed by atoms with Crippen molar-refractivity contribution in [1.82, 2.24) is 14.0 Å². The summed E-state index contributed by atoms with van der Waals surface area (Å²) in [6, 6.07) is 15.6. The van der Waals surface area contributed by atoms with Crippen LogP contribution in [0, 0.1) is 0 Å². The van der Waals surface area contributed by atoms with Gasteiger partial charge in [0.15, 0.2) is 0 Å². The highest BCUT2D eigenvalue weighted by atomic mass is 32.2. The average molecular weight is 522 g/mol. The van der Waals surface area contributed by atoms with Gasteiger partial charge in [-0.15, -0.1) is 0 Å². The number of carbonyl (C=O) groups excluding carboxylic acids is 1. The molecule has 0 unspecified atom stereocenters. The van der Waals surface area contributed by atoms with Crippen molar-refractivity contribution in [2.45, 2.75) is 16.2 Å². The molecular formula is C27H31N5O4S. The molecule has 5 rings (SSSR count). The molecule has 0 bridgehead atoms. The molecule has 0 amide bonds. The summed E-state index contributed by atoms with van der Waals surface area (Å²) in [5.74, 6) is 0.325. The zero-order valence-electron chi connectivity index (χ0n) is 21.3. The number of benzene rings is 2. The lowest BCUT2D eigenvalue weighted by atomic mass is 10.1. The first kappa shape index (κ1) is 25.2. The second kappa shape index (κ2) is 10.5. The Morgan fingerprint density at radius 2 is 1.68 bits per heavy atom. The van der Waals surface area contributed by atoms with Gasteiger partial charge in [-0.3, -0.25) is 18.8 Å². The maximum Gasteiger partial charge on any atom is 0.337 e. The third-order valence-corrected chi connectivity index (χ3v) is 8.23. The second-order valence-electron chi connectivity index (χ2n) is 9.32. The van der Waals surface area contributed by atoms with Crippen molar-refractivity contribution in [3.05, 3.63) is 74.9 Å². The van der Waals surface area contributed by atoms with E-state index >= 15 is 0 Å². The van der Waals surface area contributed by atoms with Crippen LogP contribution in [-0.2, 0) is 18.8 Å². The molecular weight excluding hydrogens is 490 g/mol. The maximum absolute atomic E-state index is 12.4. The molecule has 1 aromatic heterocycles. The summed E-state index contributed by atoms with van der Waals surface area (Å²) < 4.78 is 7.64. The maximum atomic E-state index is 12.4. The summed E-state index contributed by atoms with van der Waals surface area (Å²) in [5.41, 5.74) is 2.09. The molecule has 1 fully saturated rings. The summed E-state index contributed by atoms with van der Waals surface area (Å²) in [5, 5.41) is 0. The lowest BCUT2D eigenvalue weighted by Gasteiger charge is -2.34. The predicted octanol–water partition coefficient (Wildman–Crippen LogP) is 2.69. The van der Waals surface area contributed by atoms with Gasteiger partial charge >= 0.3 is 11.7 Å². The van der Waals surface area contributed by atoms with E-state index in [-0.39, 0.29) is 17.2 Å². The Balaban J connectivity index is 1.34. The predicted molar refractivity (Wildman–Crippen MR) is 146 cm³/mol. The van der Waals surface area contributed by atoms with E-state index in [0.717, 1.165) is 66.5 Å². The number of fused-ring (bicyclic) bond motifs is 2. The minimum atomic E-state index is -0.343. The summed E-state index contributed by atoms with van der Waals surface area (Å²) in [6.07, 6.45) is 0.929. The fourth-order valence-corrected chi connectivity index (χ4v) is 6.08. The number of carbonyl (C=O) groups is 1. The van der Waals surface area contributed by atoms with Crippen LogP contribution >= 0.6 is 11.8 Å². The molecule has 0 radical (unpaired) electrons. The molecule has 0 aliphatic carbocycles. The van der Waals surface area contributed by atoms with E-state index in [1.165, 1.54) is 19.1 Å². The third kappa shape index (κ3) is 4.91. The van der Waals surface area contributed by atoms with Gasteiger partial charge in [-0.25, -0.2) is 9.59 Å². The number of hydrogen-bond donors (Lipinski definition) is 0. The van der Waals surface area contributed by atoms with Gasteiger partial charge in [0.05, 0.1) is 24.0 Å². The number of para-hydroxylation sites is 1. The first-order valence-electron chi connectivity index (χ1n) is 12.4. The molecule has 0 spiro atoms. The van der Waals surface area contributed by atoms with Gasteiger partial charge in [-0.1, -0.05) is 23.9 Å². The number of methoxy groups -OCH3 is 1. The normalized spacial score (nSPS) is 15.6. The van der Waals surface area contributed by atoms with E-state index in [0.29, 0.717) is 11.4 Å². The number of ether oxygens (including phenoxy) is 1. The highest BCUT2D eigenvalue weighted by Gasteiger charge is 2.26. The Hall–Kier alpha value is -3.50. The van der Waals surface area contributed by atoms with E-state index in [4.69, 9.17) is 4.74 Å². The van der Waals surface area contributed by atoms with Gasteiger partial charge in [-0.2, -0.15) is 0 Å². The Morgan fingerprint density at radius 3 is 2.49 bits per heavy atom. The molecule has 0 N–H and O–H groups in total. The molecule has 2 aromatic carbocycles. The molecule has 3 aromatic rings. The molecule has 0 saturated carbocycles. The number of esters is 1. The minimum Gasteiger partial charge on any atom is -0.465 e. The monoisotopic (exact) mass is 521 g/mol. The lowest BCUT2D eigenvalue weighted by molar-refractivity contribution is 0.0600. The smallest absolute Gasteiger partial charge is 0.337 e. The van der Waals surface area contributed by atoms with Crippen LogP contribution in [0.15, 0.2) is 67.9 Å². The molecule has 194 valence electrons. The third-order valence-electron chi connectivity index (χ3n) is 7.10. The summed E-state index contributed by atoms with van der Waals surface area (Å²) >= 11 is 1.71. The van der Waals surface area contributed by atoms with Crippen LogP contribution < -0.4 is 21.0 Å². The summed E-state index contributed by atoms with van der Waals surface area (Å²) in [6.45, 7) is 4.86. The van der Waals surface area contributed by atoms with Crippen LogP contribution in [-0.4, -0.2) is 66.4 Å². The molecule has 2 aliphatic rings. The first-order valence-corrected chi connectivity index (χ1v) is 13.2. The minimum absolute atomic E-state index is 0.286. The Bertz CT molecular complexity index is 1450. The van der Waals surface area contributed by atoms with Gasteiger partial charge < -0.3 is 14.5 Å². The summed E-state index contributed by atoms with van der Waals surface area (Å²) in [7, 11) is 4.62. The van der Waals surface area contributed by atoms with Crippen molar-refractivity contribution in [3.8, 4) is 0 Å². The van der Waals surface area contributed by atoms with E-state index < -0.39 is 0 Å². The Labute approximate surface area is 219 Å². The largest absolute Gasteiger partial charge is 0.465 e. The van der Waals surface area contributed by atoms with Crippen molar-refractivity contribution in [1.29, 1.82) is 0 Å². The van der Waals surface area contributed by atoms with E-state index in [9.17, 15) is 14.4 Å². The molecule has 10 heteroatoms. The Morgan fingerprint density at radius 1 is 0.892 bits per heavy atom. The van der Waals surface area contributed by atoms with Gasteiger partial charge in [0.2, 0.25) is 0 Å². The van der Waals surface area contributed by atoms with Gasteiger partial charge in [0.25, 0.3) is 5.56 Å². The first-order chi connectivity index (χ1) is 17.9. The van der Waals surface area contributed by atoms with E-state index in [2.05, 4.69) is 26.8 Å². The second-order valence-corrected chi connectivity index (χ2v) is 10.4. The van der Waals surface area contributed by atoms with Gasteiger partial charge in [0.1, 0.15) is 5.82 Å². The fraction of sp³-hybridized carbons (Fsp3) is 0.370. The van der Waals surface area contributed by atoms with Crippen LogP contribution in [0.25, 0.3) is 0 Å². The van der Waals surface area contributed by atoms with E-state index in [1.54, 1.807) is 29.4 Å². The molecule has 0 atom stereocenters. The fourth-order valence-electron chi connectivity index (χ4n) is 5.00. The van der Waals surface area contributed by atoms with Crippen LogP contribution in [0.4, 0.5) is 17.2 Å². The number of nitrogens with zero attached hydrogens (tertiary/aromatic N) is 5. The average Bonchev–Trinajstić information content (AvgIpc) is 3.16. The van der Waals surface area contributed by atoms with Crippen molar-refractivity contribution >= 4 is 34.9 Å². The van der Waals surface area contributed by atoms with Crippen molar-refractivity contribution < 1.29 is 9.53 Å². The molecule has 2 aliphatic heterocycles. The summed E-state index contributed by atoms with van der Waals surface area (Å²) in [4.78, 5) is 46.0. The van der Waals surface area contributed by atoms with Gasteiger partial charge in [0, 0.05) is 62.7 Å². The van der Waals surface area contributed by atoms with Crippen LogP contribution in [0.3, 0.4) is 0 Å². The molecule has 1 saturated heterocycles. The van der Waals surface area contributed by atoms with Crippen molar-refractivity contribution in [2.75, 3.05) is 56.2 Å². The highest BCUT2D eigenvalue weighted by Crippen LogP contribution is 2.48. The molecule has 3 heterocycles. The SMILES string of the molecule is COC(=O)c1ccc2c(c1)N(CCN1CCCN(c3cc(=O)n(C)c(=O)n3C)CC1)c1ccccc1S2. The molecule has 9 nitrogen and oxygen atoms in total. The lowest BCUT2D eigenvalue weighted by Crippen LogP contribution is -2.41. The number of hydrogen-bond acceptors (Lipinski definition) is 8. The number of anilines is 3. The van der Waals surface area contributed by atoms with Crippen LogP contribution in [0.1, 0.15) is 16.8 Å². The van der Waals surface area contributed by atoms with Crippen LogP contribution in [0.2, 0.25) is 0 Å². The zero-order chi connectivity index (χ0) is 26.1. The number of rotatable bonds is 5. The van der Waals surface area contributed by atoms with E-state index in [1.807, 2.05) is 30.3 Å². The molecule has 37 heavy (non-hydrogen) atoms. The quantitative estimate of drug-likeness (QED) is 0.475. The Kier molecular flexibility index (Phi) is 7.12. The number of aromatic nitrogens is 2. The highest BCUT2D eigenvalue weighted by molar-refractivity contribution is 7.99. The van der Waals surface area contributed by atoms with Crippen molar-refractivity contribution in [2.24, 2.45) is 14.1 Å². The topological polar surface area (TPSA) is 80.0 Å².